The van der Waals surface area contributed by atoms with Crippen molar-refractivity contribution in [2.75, 3.05) is 16.8 Å². The molecule has 0 saturated carbocycles. The molecule has 2 rings (SSSR count). The van der Waals surface area contributed by atoms with E-state index in [1.165, 1.54) is 19.1 Å². The highest BCUT2D eigenvalue weighted by Gasteiger charge is 2.18. The normalized spacial score (nSPS) is 11.5. The van der Waals surface area contributed by atoms with Crippen LogP contribution in [-0.2, 0) is 25.7 Å². The third-order valence-electron chi connectivity index (χ3n) is 3.41. The van der Waals surface area contributed by atoms with E-state index in [1.807, 2.05) is 0 Å². The number of anilines is 1. The average Bonchev–Trinajstić information content (AvgIpc) is 3.05. The van der Waals surface area contributed by atoms with Crippen LogP contribution in [0.25, 0.3) is 0 Å². The minimum Gasteiger partial charge on any atom is -0.452 e. The van der Waals surface area contributed by atoms with Crippen LogP contribution in [0, 0.1) is 12.7 Å². The van der Waals surface area contributed by atoms with Crippen LogP contribution in [0.1, 0.15) is 18.2 Å². The van der Waals surface area contributed by atoms with Crippen molar-refractivity contribution >= 4 is 35.4 Å². The van der Waals surface area contributed by atoms with Crippen LogP contribution >= 0.6 is 11.8 Å². The van der Waals surface area contributed by atoms with Crippen LogP contribution in [0.5, 0.6) is 0 Å². The number of carbonyl (C=O) groups excluding carboxylic acids is 3. The monoisotopic (exact) mass is 409 g/mol. The van der Waals surface area contributed by atoms with Crippen molar-refractivity contribution < 1.29 is 28.0 Å². The van der Waals surface area contributed by atoms with Gasteiger partial charge in [-0.3, -0.25) is 14.4 Å². The van der Waals surface area contributed by atoms with Gasteiger partial charge in [0.25, 0.3) is 5.91 Å². The first-order chi connectivity index (χ1) is 13.3. The van der Waals surface area contributed by atoms with Gasteiger partial charge in [-0.1, -0.05) is 17.3 Å². The van der Waals surface area contributed by atoms with Crippen molar-refractivity contribution in [1.82, 2.24) is 10.5 Å². The second-order valence-corrected chi connectivity index (χ2v) is 6.83. The number of hydrogen-bond acceptors (Lipinski definition) is 7. The molecule has 0 aliphatic heterocycles. The van der Waals surface area contributed by atoms with E-state index in [-0.39, 0.29) is 29.8 Å². The second-order valence-electron chi connectivity index (χ2n) is 5.84. The molecule has 0 spiro atoms. The molecule has 2 amide bonds. The van der Waals surface area contributed by atoms with E-state index in [0.29, 0.717) is 11.6 Å². The van der Waals surface area contributed by atoms with Gasteiger partial charge in [0.2, 0.25) is 5.91 Å². The van der Waals surface area contributed by atoms with Crippen LogP contribution < -0.4 is 10.6 Å². The van der Waals surface area contributed by atoms with E-state index in [0.717, 1.165) is 17.3 Å². The average molecular weight is 409 g/mol. The Labute approximate surface area is 165 Å². The summed E-state index contributed by atoms with van der Waals surface area (Å²) in [5.74, 6) is -0.972. The number of thioether (sulfide) groups is 1. The van der Waals surface area contributed by atoms with Crippen LogP contribution in [0.4, 0.5) is 10.2 Å². The summed E-state index contributed by atoms with van der Waals surface area (Å²) in [5.41, 5.74) is 0.720. The Balaban J connectivity index is 1.63. The number of aromatic nitrogens is 1. The molecule has 1 heterocycles. The van der Waals surface area contributed by atoms with Gasteiger partial charge >= 0.3 is 5.97 Å². The largest absolute Gasteiger partial charge is 0.452 e. The molecule has 0 aliphatic rings. The van der Waals surface area contributed by atoms with Gasteiger partial charge in [-0.25, -0.2) is 4.39 Å². The van der Waals surface area contributed by atoms with Crippen molar-refractivity contribution in [2.24, 2.45) is 0 Å². The van der Waals surface area contributed by atoms with Gasteiger partial charge in [0, 0.05) is 12.6 Å². The van der Waals surface area contributed by atoms with E-state index in [1.54, 1.807) is 25.1 Å². The van der Waals surface area contributed by atoms with Crippen LogP contribution in [0.3, 0.4) is 0 Å². The van der Waals surface area contributed by atoms with Crippen molar-refractivity contribution in [1.29, 1.82) is 0 Å². The molecule has 1 unspecified atom stereocenters. The predicted octanol–water partition coefficient (Wildman–Crippen LogP) is 2.04. The molecule has 0 bridgehead atoms. The van der Waals surface area contributed by atoms with Crippen molar-refractivity contribution in [3.8, 4) is 0 Å². The van der Waals surface area contributed by atoms with Gasteiger partial charge in [-0.05, 0) is 31.5 Å². The molecule has 28 heavy (non-hydrogen) atoms. The first-order valence-corrected chi connectivity index (χ1v) is 9.51. The summed E-state index contributed by atoms with van der Waals surface area (Å²) < 4.78 is 22.7. The summed E-state index contributed by atoms with van der Waals surface area (Å²) in [4.78, 5) is 35.5. The maximum Gasteiger partial charge on any atom is 0.316 e. The van der Waals surface area contributed by atoms with Gasteiger partial charge in [-0.2, -0.15) is 0 Å². The van der Waals surface area contributed by atoms with Crippen LogP contribution in [0.2, 0.25) is 0 Å². The highest BCUT2D eigenvalue weighted by atomic mass is 32.2. The van der Waals surface area contributed by atoms with Crippen LogP contribution in [0.15, 0.2) is 34.9 Å². The molecule has 0 aliphatic carbocycles. The number of hydrogen-bond donors (Lipinski definition) is 2. The second kappa shape index (κ2) is 10.5. The Bertz CT molecular complexity index is 825. The fraction of sp³-hybridized carbons (Fsp3) is 0.333. The van der Waals surface area contributed by atoms with Gasteiger partial charge < -0.3 is 19.9 Å². The van der Waals surface area contributed by atoms with E-state index in [4.69, 9.17) is 9.26 Å². The minimum atomic E-state index is -0.986. The van der Waals surface area contributed by atoms with E-state index < -0.39 is 18.0 Å². The summed E-state index contributed by atoms with van der Waals surface area (Å²) in [6.45, 7) is 3.34. The van der Waals surface area contributed by atoms with Crippen molar-refractivity contribution in [2.45, 2.75) is 26.5 Å². The number of nitrogens with one attached hydrogen (secondary N) is 2. The number of rotatable bonds is 9. The zero-order valence-electron chi connectivity index (χ0n) is 15.4. The lowest BCUT2D eigenvalue weighted by Crippen LogP contribution is -2.35. The summed E-state index contributed by atoms with van der Waals surface area (Å²) in [6.07, 6.45) is -0.986. The predicted molar refractivity (Wildman–Crippen MR) is 101 cm³/mol. The van der Waals surface area contributed by atoms with E-state index in [2.05, 4.69) is 15.8 Å². The molecular weight excluding hydrogens is 389 g/mol. The number of carbonyl (C=O) groups is 3. The molecule has 8 nitrogen and oxygen atoms in total. The summed E-state index contributed by atoms with van der Waals surface area (Å²) in [7, 11) is 0. The standard InChI is InChI=1S/C18H20FN3O5S/c1-11-7-15(22-27-11)21-16(23)9-28-10-17(24)26-12(2)18(25)20-8-13-3-5-14(19)6-4-13/h3-7,12H,8-10H2,1-2H3,(H,20,25)(H,21,22,23). The Morgan fingerprint density at radius 3 is 2.61 bits per heavy atom. The summed E-state index contributed by atoms with van der Waals surface area (Å²) in [5, 5.41) is 8.76. The number of amides is 2. The Kier molecular flexibility index (Phi) is 8.00. The fourth-order valence-corrected chi connectivity index (χ4v) is 2.65. The molecule has 1 aromatic carbocycles. The molecule has 2 aromatic rings. The lowest BCUT2D eigenvalue weighted by molar-refractivity contribution is -0.152. The Morgan fingerprint density at radius 2 is 1.96 bits per heavy atom. The Hall–Kier alpha value is -2.88. The van der Waals surface area contributed by atoms with Crippen LogP contribution in [-0.4, -0.2) is 40.6 Å². The molecule has 150 valence electrons. The number of benzene rings is 1. The summed E-state index contributed by atoms with van der Waals surface area (Å²) >= 11 is 1.05. The SMILES string of the molecule is Cc1cc(NC(=O)CSCC(=O)OC(C)C(=O)NCc2ccc(F)cc2)no1. The zero-order valence-corrected chi connectivity index (χ0v) is 16.2. The van der Waals surface area contributed by atoms with Crippen molar-refractivity contribution in [3.05, 3.63) is 47.5 Å². The van der Waals surface area contributed by atoms with Gasteiger partial charge in [0.1, 0.15) is 11.6 Å². The Morgan fingerprint density at radius 1 is 1.25 bits per heavy atom. The highest BCUT2D eigenvalue weighted by Crippen LogP contribution is 2.09. The molecule has 10 heteroatoms. The number of halogens is 1. The van der Waals surface area contributed by atoms with Crippen molar-refractivity contribution in [3.63, 3.8) is 0 Å². The van der Waals surface area contributed by atoms with Gasteiger partial charge in [-0.15, -0.1) is 11.8 Å². The zero-order chi connectivity index (χ0) is 20.5. The summed E-state index contributed by atoms with van der Waals surface area (Å²) in [6, 6.07) is 7.26. The molecule has 0 saturated heterocycles. The molecule has 0 radical (unpaired) electrons. The molecular formula is C18H20FN3O5S. The third kappa shape index (κ3) is 7.39. The first-order valence-electron chi connectivity index (χ1n) is 8.36. The lowest BCUT2D eigenvalue weighted by Gasteiger charge is -2.13. The maximum absolute atomic E-state index is 12.8. The lowest BCUT2D eigenvalue weighted by atomic mass is 10.2. The van der Waals surface area contributed by atoms with Gasteiger partial charge in [0.05, 0.1) is 11.5 Å². The topological polar surface area (TPSA) is 111 Å². The molecule has 2 N–H and O–H groups in total. The number of aryl methyl sites for hydroxylation is 1. The molecule has 0 fully saturated rings. The minimum absolute atomic E-state index is 0.0200. The van der Waals surface area contributed by atoms with E-state index >= 15 is 0 Å². The number of esters is 1. The van der Waals surface area contributed by atoms with E-state index in [9.17, 15) is 18.8 Å². The first kappa shape index (κ1) is 21.4. The smallest absolute Gasteiger partial charge is 0.316 e. The third-order valence-corrected chi connectivity index (χ3v) is 4.31. The van der Waals surface area contributed by atoms with Gasteiger partial charge in [0.15, 0.2) is 11.9 Å². The fourth-order valence-electron chi connectivity index (χ4n) is 2.05. The molecule has 1 aromatic heterocycles. The number of nitrogens with zero attached hydrogens (tertiary/aromatic N) is 1. The molecule has 1 atom stereocenters. The highest BCUT2D eigenvalue weighted by molar-refractivity contribution is 8.00. The maximum atomic E-state index is 12.8. The number of ether oxygens (including phenoxy) is 1. The quantitative estimate of drug-likeness (QED) is 0.610.